The van der Waals surface area contributed by atoms with Crippen LogP contribution in [-0.4, -0.2) is 40.7 Å². The Bertz CT molecular complexity index is 819. The molecule has 0 spiro atoms. The van der Waals surface area contributed by atoms with E-state index in [0.29, 0.717) is 42.8 Å². The average molecular weight is 401 g/mol. The standard InChI is InChI=1S/C22H28FN3O3/c23-18-8-3-7-17(13-18)14-21(27)26-11-4-9-19(26)22-24-20(25-29-22)10-12-28-15-16-5-1-2-6-16/h3,7-8,13,16,19H,1-2,4-6,9-12,14-15H2. The van der Waals surface area contributed by atoms with Gasteiger partial charge in [-0.3, -0.25) is 4.79 Å². The number of likely N-dealkylation sites (tertiary alicyclic amines) is 1. The van der Waals surface area contributed by atoms with Crippen molar-refractivity contribution in [1.82, 2.24) is 15.0 Å². The molecule has 2 aromatic rings. The SMILES string of the molecule is O=C(Cc1cccc(F)c1)N1CCCC1c1nc(CCOCC2CCCC2)no1. The van der Waals surface area contributed by atoms with Gasteiger partial charge in [0, 0.05) is 19.6 Å². The Kier molecular flexibility index (Phi) is 6.54. The maximum absolute atomic E-state index is 13.4. The molecule has 1 aromatic heterocycles. The van der Waals surface area contributed by atoms with E-state index in [-0.39, 0.29) is 24.2 Å². The Labute approximate surface area is 170 Å². The van der Waals surface area contributed by atoms with Crippen LogP contribution in [0.4, 0.5) is 4.39 Å². The lowest BCUT2D eigenvalue weighted by molar-refractivity contribution is -0.131. The number of hydrogen-bond donors (Lipinski definition) is 0. The van der Waals surface area contributed by atoms with Crippen molar-refractivity contribution in [3.8, 4) is 0 Å². The summed E-state index contributed by atoms with van der Waals surface area (Å²) >= 11 is 0. The second kappa shape index (κ2) is 9.48. The highest BCUT2D eigenvalue weighted by molar-refractivity contribution is 5.79. The molecule has 1 amide bonds. The van der Waals surface area contributed by atoms with Crippen LogP contribution in [0.25, 0.3) is 0 Å². The quantitative estimate of drug-likeness (QED) is 0.628. The van der Waals surface area contributed by atoms with Crippen molar-refractivity contribution < 1.29 is 18.4 Å². The fourth-order valence-electron chi connectivity index (χ4n) is 4.34. The molecule has 2 aliphatic rings. The van der Waals surface area contributed by atoms with Crippen LogP contribution in [0.2, 0.25) is 0 Å². The van der Waals surface area contributed by atoms with E-state index in [1.807, 2.05) is 0 Å². The van der Waals surface area contributed by atoms with Gasteiger partial charge in [0.1, 0.15) is 11.9 Å². The fourth-order valence-corrected chi connectivity index (χ4v) is 4.34. The van der Waals surface area contributed by atoms with E-state index < -0.39 is 0 Å². The number of halogens is 1. The largest absolute Gasteiger partial charge is 0.381 e. The normalized spacial score (nSPS) is 19.9. The van der Waals surface area contributed by atoms with Crippen molar-refractivity contribution in [3.05, 3.63) is 47.4 Å². The summed E-state index contributed by atoms with van der Waals surface area (Å²) in [5.74, 6) is 1.44. The first-order chi connectivity index (χ1) is 14.2. The third-order valence-corrected chi connectivity index (χ3v) is 5.88. The van der Waals surface area contributed by atoms with E-state index in [1.165, 1.54) is 37.8 Å². The van der Waals surface area contributed by atoms with Crippen LogP contribution in [0.15, 0.2) is 28.8 Å². The summed E-state index contributed by atoms with van der Waals surface area (Å²) in [6, 6.07) is 5.97. The van der Waals surface area contributed by atoms with Gasteiger partial charge in [0.25, 0.3) is 0 Å². The zero-order chi connectivity index (χ0) is 20.1. The summed E-state index contributed by atoms with van der Waals surface area (Å²) in [6.45, 7) is 2.05. The highest BCUT2D eigenvalue weighted by atomic mass is 19.1. The molecule has 1 saturated carbocycles. The van der Waals surface area contributed by atoms with E-state index in [2.05, 4.69) is 10.1 Å². The first-order valence-corrected chi connectivity index (χ1v) is 10.6. The molecule has 6 nitrogen and oxygen atoms in total. The minimum Gasteiger partial charge on any atom is -0.381 e. The number of amides is 1. The Morgan fingerprint density at radius 3 is 2.93 bits per heavy atom. The van der Waals surface area contributed by atoms with E-state index >= 15 is 0 Å². The number of hydrogen-bond acceptors (Lipinski definition) is 5. The number of aromatic nitrogens is 2. The summed E-state index contributed by atoms with van der Waals surface area (Å²) in [7, 11) is 0. The third kappa shape index (κ3) is 5.21. The topological polar surface area (TPSA) is 68.5 Å². The minimum atomic E-state index is -0.329. The molecule has 1 aliphatic heterocycles. The van der Waals surface area contributed by atoms with Gasteiger partial charge in [0.15, 0.2) is 5.82 Å². The van der Waals surface area contributed by atoms with E-state index in [0.717, 1.165) is 19.4 Å². The van der Waals surface area contributed by atoms with Crippen LogP contribution in [0.1, 0.15) is 61.8 Å². The average Bonchev–Trinajstić information content (AvgIpc) is 3.46. The number of benzene rings is 1. The van der Waals surface area contributed by atoms with Gasteiger partial charge >= 0.3 is 0 Å². The molecule has 0 bridgehead atoms. The molecular weight excluding hydrogens is 373 g/mol. The van der Waals surface area contributed by atoms with Gasteiger partial charge in [-0.15, -0.1) is 0 Å². The lowest BCUT2D eigenvalue weighted by Gasteiger charge is -2.22. The number of rotatable bonds is 8. The molecule has 2 fully saturated rings. The molecule has 1 aliphatic carbocycles. The van der Waals surface area contributed by atoms with Crippen LogP contribution in [0.5, 0.6) is 0 Å². The third-order valence-electron chi connectivity index (χ3n) is 5.88. The summed E-state index contributed by atoms with van der Waals surface area (Å²) < 4.78 is 24.6. The van der Waals surface area contributed by atoms with Crippen molar-refractivity contribution in [2.75, 3.05) is 19.8 Å². The Morgan fingerprint density at radius 2 is 2.10 bits per heavy atom. The van der Waals surface area contributed by atoms with Crippen molar-refractivity contribution in [2.24, 2.45) is 5.92 Å². The first kappa shape index (κ1) is 20.0. The van der Waals surface area contributed by atoms with Gasteiger partial charge in [-0.05, 0) is 49.3 Å². The molecule has 2 heterocycles. The number of carbonyl (C=O) groups is 1. The molecule has 1 unspecified atom stereocenters. The van der Waals surface area contributed by atoms with Gasteiger partial charge in [-0.2, -0.15) is 4.98 Å². The molecule has 1 aromatic carbocycles. The lowest BCUT2D eigenvalue weighted by Crippen LogP contribution is -2.32. The maximum atomic E-state index is 13.4. The second-order valence-electron chi connectivity index (χ2n) is 8.08. The van der Waals surface area contributed by atoms with Crippen LogP contribution in [0, 0.1) is 11.7 Å². The fraction of sp³-hybridized carbons (Fsp3) is 0.591. The van der Waals surface area contributed by atoms with Gasteiger partial charge in [-0.25, -0.2) is 4.39 Å². The molecule has 156 valence electrons. The van der Waals surface area contributed by atoms with E-state index in [4.69, 9.17) is 9.26 Å². The van der Waals surface area contributed by atoms with Gasteiger partial charge in [-0.1, -0.05) is 30.1 Å². The summed E-state index contributed by atoms with van der Waals surface area (Å²) in [5.41, 5.74) is 0.672. The summed E-state index contributed by atoms with van der Waals surface area (Å²) in [5, 5.41) is 4.07. The molecule has 0 N–H and O–H groups in total. The van der Waals surface area contributed by atoms with Crippen molar-refractivity contribution in [3.63, 3.8) is 0 Å². The number of carbonyl (C=O) groups excluding carboxylic acids is 1. The summed E-state index contributed by atoms with van der Waals surface area (Å²) in [6.07, 6.45) is 7.65. The predicted molar refractivity (Wildman–Crippen MR) is 105 cm³/mol. The predicted octanol–water partition coefficient (Wildman–Crippen LogP) is 3.86. The van der Waals surface area contributed by atoms with Crippen molar-refractivity contribution in [2.45, 2.75) is 57.4 Å². The molecule has 0 radical (unpaired) electrons. The second-order valence-corrected chi connectivity index (χ2v) is 8.08. The first-order valence-electron chi connectivity index (χ1n) is 10.6. The Hall–Kier alpha value is -2.28. The van der Waals surface area contributed by atoms with Crippen LogP contribution >= 0.6 is 0 Å². The zero-order valence-corrected chi connectivity index (χ0v) is 16.7. The van der Waals surface area contributed by atoms with Gasteiger partial charge < -0.3 is 14.2 Å². The zero-order valence-electron chi connectivity index (χ0n) is 16.7. The molecule has 7 heteroatoms. The highest BCUT2D eigenvalue weighted by Gasteiger charge is 2.33. The number of ether oxygens (including phenoxy) is 1. The molecule has 1 atom stereocenters. The maximum Gasteiger partial charge on any atom is 0.249 e. The van der Waals surface area contributed by atoms with Crippen molar-refractivity contribution >= 4 is 5.91 Å². The van der Waals surface area contributed by atoms with E-state index in [9.17, 15) is 9.18 Å². The smallest absolute Gasteiger partial charge is 0.249 e. The van der Waals surface area contributed by atoms with Crippen LogP contribution < -0.4 is 0 Å². The van der Waals surface area contributed by atoms with Crippen molar-refractivity contribution in [1.29, 1.82) is 0 Å². The Morgan fingerprint density at radius 1 is 1.24 bits per heavy atom. The Balaban J connectivity index is 1.29. The molecule has 4 rings (SSSR count). The van der Waals surface area contributed by atoms with Crippen LogP contribution in [-0.2, 0) is 22.4 Å². The highest BCUT2D eigenvalue weighted by Crippen LogP contribution is 2.31. The van der Waals surface area contributed by atoms with Crippen LogP contribution in [0.3, 0.4) is 0 Å². The van der Waals surface area contributed by atoms with Gasteiger partial charge in [0.2, 0.25) is 11.8 Å². The van der Waals surface area contributed by atoms with E-state index in [1.54, 1.807) is 17.0 Å². The molecule has 1 saturated heterocycles. The monoisotopic (exact) mass is 401 g/mol. The minimum absolute atomic E-state index is 0.0438. The molecular formula is C22H28FN3O3. The van der Waals surface area contributed by atoms with Gasteiger partial charge in [0.05, 0.1) is 13.0 Å². The molecule has 29 heavy (non-hydrogen) atoms. The summed E-state index contributed by atoms with van der Waals surface area (Å²) in [4.78, 5) is 19.0. The number of nitrogens with zero attached hydrogens (tertiary/aromatic N) is 3. The lowest BCUT2D eigenvalue weighted by atomic mass is 10.1.